The van der Waals surface area contributed by atoms with Gasteiger partial charge in [0.15, 0.2) is 0 Å². The number of hydrogen-bond donors (Lipinski definition) is 1. The minimum absolute atomic E-state index is 0.125. The smallest absolute Gasteiger partial charge is 0.243 e. The van der Waals surface area contributed by atoms with Gasteiger partial charge in [0.05, 0.1) is 0 Å². The fourth-order valence-electron chi connectivity index (χ4n) is 2.10. The number of hydrazone groups is 1. The third-order valence-corrected chi connectivity index (χ3v) is 3.53. The molecule has 0 spiro atoms. The maximum atomic E-state index is 11.4. The molecule has 3 nitrogen and oxygen atoms in total. The van der Waals surface area contributed by atoms with Gasteiger partial charge in [-0.2, -0.15) is 5.10 Å². The Balaban J connectivity index is 1.74. The summed E-state index contributed by atoms with van der Waals surface area (Å²) in [4.78, 5) is 11.4. The molecule has 0 radical (unpaired) electrons. The molecule has 2 saturated carbocycles. The summed E-state index contributed by atoms with van der Waals surface area (Å²) >= 11 is 0. The summed E-state index contributed by atoms with van der Waals surface area (Å²) in [7, 11) is 0. The molecule has 0 unspecified atom stereocenters. The first-order valence-corrected chi connectivity index (χ1v) is 6.15. The Kier molecular flexibility index (Phi) is 3.39. The number of carbonyl (C=O) groups excluding carboxylic acids is 1. The van der Waals surface area contributed by atoms with Crippen LogP contribution in [0.25, 0.3) is 0 Å². The van der Waals surface area contributed by atoms with Crippen LogP contribution in [0.5, 0.6) is 0 Å². The van der Waals surface area contributed by atoms with E-state index in [2.05, 4.69) is 17.5 Å². The van der Waals surface area contributed by atoms with E-state index in [1.54, 1.807) is 0 Å². The molecule has 0 bridgehead atoms. The molecule has 0 saturated heterocycles. The Morgan fingerprint density at radius 2 is 2.00 bits per heavy atom. The molecule has 0 atom stereocenters. The highest BCUT2D eigenvalue weighted by Crippen LogP contribution is 2.29. The van der Waals surface area contributed by atoms with Gasteiger partial charge in [-0.1, -0.05) is 13.3 Å². The number of rotatable bonds is 3. The first-order chi connectivity index (χ1) is 7.29. The highest BCUT2D eigenvalue weighted by molar-refractivity contribution is 5.87. The van der Waals surface area contributed by atoms with E-state index in [0.717, 1.165) is 31.6 Å². The molecule has 2 fully saturated rings. The van der Waals surface area contributed by atoms with Gasteiger partial charge in [0.1, 0.15) is 0 Å². The molecular formula is C12H20N2O. The fraction of sp³-hybridized carbons (Fsp3) is 0.833. The molecule has 2 rings (SSSR count). The predicted molar refractivity (Wildman–Crippen MR) is 60.6 cm³/mol. The fourth-order valence-corrected chi connectivity index (χ4v) is 2.10. The van der Waals surface area contributed by atoms with E-state index in [-0.39, 0.29) is 11.8 Å². The summed E-state index contributed by atoms with van der Waals surface area (Å²) in [5.74, 6) is 1.27. The Morgan fingerprint density at radius 3 is 2.53 bits per heavy atom. The van der Waals surface area contributed by atoms with Crippen molar-refractivity contribution < 1.29 is 4.79 Å². The number of nitrogens with one attached hydrogen (secondary N) is 1. The van der Waals surface area contributed by atoms with Crippen LogP contribution in [0.1, 0.15) is 51.9 Å². The Labute approximate surface area is 91.3 Å². The van der Waals surface area contributed by atoms with Crippen LogP contribution in [0.2, 0.25) is 0 Å². The number of carbonyl (C=O) groups is 1. The molecule has 0 aromatic heterocycles. The van der Waals surface area contributed by atoms with Crippen molar-refractivity contribution in [3.63, 3.8) is 0 Å². The number of amides is 1. The van der Waals surface area contributed by atoms with Gasteiger partial charge in [0, 0.05) is 11.6 Å². The van der Waals surface area contributed by atoms with E-state index in [9.17, 15) is 4.79 Å². The van der Waals surface area contributed by atoms with Gasteiger partial charge in [-0.3, -0.25) is 4.79 Å². The third kappa shape index (κ3) is 3.05. The zero-order valence-corrected chi connectivity index (χ0v) is 9.46. The lowest BCUT2D eigenvalue weighted by Gasteiger charge is -2.21. The molecule has 15 heavy (non-hydrogen) atoms. The van der Waals surface area contributed by atoms with Crippen LogP contribution in [0.3, 0.4) is 0 Å². The van der Waals surface area contributed by atoms with Crippen LogP contribution >= 0.6 is 0 Å². The standard InChI is InChI=1S/C12H20N2O/c1-2-9-3-7-11(8-4-9)13-14-12(15)10-5-6-10/h9-10H,2-8H2,1H3,(H,14,15). The minimum Gasteiger partial charge on any atom is -0.273 e. The van der Waals surface area contributed by atoms with Gasteiger partial charge >= 0.3 is 0 Å². The van der Waals surface area contributed by atoms with Gasteiger partial charge in [0.25, 0.3) is 0 Å². The molecular weight excluding hydrogens is 188 g/mol. The Hall–Kier alpha value is -0.860. The largest absolute Gasteiger partial charge is 0.273 e. The van der Waals surface area contributed by atoms with Crippen molar-refractivity contribution in [3.05, 3.63) is 0 Å². The quantitative estimate of drug-likeness (QED) is 0.711. The molecule has 1 amide bonds. The molecule has 0 heterocycles. The average molecular weight is 208 g/mol. The highest BCUT2D eigenvalue weighted by atomic mass is 16.2. The third-order valence-electron chi connectivity index (χ3n) is 3.53. The lowest BCUT2D eigenvalue weighted by atomic mass is 9.86. The van der Waals surface area contributed by atoms with E-state index >= 15 is 0 Å². The van der Waals surface area contributed by atoms with E-state index < -0.39 is 0 Å². The zero-order valence-electron chi connectivity index (χ0n) is 9.46. The predicted octanol–water partition coefficient (Wildman–Crippen LogP) is 2.47. The van der Waals surface area contributed by atoms with Crippen molar-refractivity contribution in [2.24, 2.45) is 16.9 Å². The molecule has 0 aromatic rings. The monoisotopic (exact) mass is 208 g/mol. The van der Waals surface area contributed by atoms with Gasteiger partial charge < -0.3 is 0 Å². The molecule has 0 aliphatic heterocycles. The second-order valence-corrected chi connectivity index (χ2v) is 4.78. The summed E-state index contributed by atoms with van der Waals surface area (Å²) in [6.07, 6.45) is 8.01. The second kappa shape index (κ2) is 4.77. The normalized spacial score (nSPS) is 26.2. The highest BCUT2D eigenvalue weighted by Gasteiger charge is 2.29. The average Bonchev–Trinajstić information content (AvgIpc) is 3.10. The molecule has 3 heteroatoms. The Morgan fingerprint density at radius 1 is 1.33 bits per heavy atom. The van der Waals surface area contributed by atoms with E-state index in [4.69, 9.17) is 0 Å². The molecule has 2 aliphatic carbocycles. The lowest BCUT2D eigenvalue weighted by Crippen LogP contribution is -2.23. The van der Waals surface area contributed by atoms with Gasteiger partial charge in [-0.15, -0.1) is 0 Å². The number of nitrogens with zero attached hydrogens (tertiary/aromatic N) is 1. The van der Waals surface area contributed by atoms with Crippen molar-refractivity contribution in [1.82, 2.24) is 5.43 Å². The van der Waals surface area contributed by atoms with E-state index in [1.165, 1.54) is 25.0 Å². The topological polar surface area (TPSA) is 41.5 Å². The molecule has 1 N–H and O–H groups in total. The van der Waals surface area contributed by atoms with Gasteiger partial charge in [-0.05, 0) is 44.4 Å². The van der Waals surface area contributed by atoms with Crippen LogP contribution < -0.4 is 5.43 Å². The van der Waals surface area contributed by atoms with Crippen molar-refractivity contribution >= 4 is 11.6 Å². The molecule has 84 valence electrons. The molecule has 0 aromatic carbocycles. The van der Waals surface area contributed by atoms with Crippen LogP contribution in [0, 0.1) is 11.8 Å². The molecule has 2 aliphatic rings. The van der Waals surface area contributed by atoms with Crippen molar-refractivity contribution in [2.45, 2.75) is 51.9 Å². The summed E-state index contributed by atoms with van der Waals surface area (Å²) in [6, 6.07) is 0. The van der Waals surface area contributed by atoms with E-state index in [1.807, 2.05) is 0 Å². The zero-order chi connectivity index (χ0) is 10.7. The summed E-state index contributed by atoms with van der Waals surface area (Å²) in [6.45, 7) is 2.25. The van der Waals surface area contributed by atoms with Crippen molar-refractivity contribution in [1.29, 1.82) is 0 Å². The number of hydrogen-bond acceptors (Lipinski definition) is 2. The van der Waals surface area contributed by atoms with Gasteiger partial charge in [-0.25, -0.2) is 5.43 Å². The second-order valence-electron chi connectivity index (χ2n) is 4.78. The van der Waals surface area contributed by atoms with Crippen molar-refractivity contribution in [3.8, 4) is 0 Å². The van der Waals surface area contributed by atoms with Gasteiger partial charge in [0.2, 0.25) is 5.91 Å². The summed E-state index contributed by atoms with van der Waals surface area (Å²) in [5, 5.41) is 4.23. The van der Waals surface area contributed by atoms with Crippen LogP contribution in [0.4, 0.5) is 0 Å². The summed E-state index contributed by atoms with van der Waals surface area (Å²) < 4.78 is 0. The van der Waals surface area contributed by atoms with Crippen LogP contribution in [-0.2, 0) is 4.79 Å². The first kappa shape index (κ1) is 10.7. The van der Waals surface area contributed by atoms with Crippen molar-refractivity contribution in [2.75, 3.05) is 0 Å². The maximum absolute atomic E-state index is 11.4. The minimum atomic E-state index is 0.125. The SMILES string of the molecule is CCC1CCC(=NNC(=O)C2CC2)CC1. The Bertz CT molecular complexity index is 259. The first-order valence-electron chi connectivity index (χ1n) is 6.15. The summed E-state index contributed by atoms with van der Waals surface area (Å²) in [5.41, 5.74) is 3.88. The van der Waals surface area contributed by atoms with Crippen LogP contribution in [0.15, 0.2) is 5.10 Å². The maximum Gasteiger partial charge on any atom is 0.243 e. The lowest BCUT2D eigenvalue weighted by molar-refractivity contribution is -0.122. The van der Waals surface area contributed by atoms with E-state index in [0.29, 0.717) is 0 Å². The van der Waals surface area contributed by atoms with Crippen LogP contribution in [-0.4, -0.2) is 11.6 Å².